The second kappa shape index (κ2) is 7.65. The van der Waals surface area contributed by atoms with Gasteiger partial charge in [0.05, 0.1) is 17.6 Å². The van der Waals surface area contributed by atoms with E-state index in [9.17, 15) is 19.2 Å². The number of nitrogens with one attached hydrogen (secondary N) is 1. The molecule has 0 atom stereocenters. The van der Waals surface area contributed by atoms with Crippen molar-refractivity contribution in [1.29, 1.82) is 0 Å². The molecule has 1 fully saturated rings. The average Bonchev–Trinajstić information content (AvgIpc) is 2.64. The number of Topliss-reactive ketones (excluding diaryl/α,β-unsaturated/α-hetero) is 1. The number of benzene rings is 2. The lowest BCUT2D eigenvalue weighted by atomic mass is 10.0. The molecule has 2 amide bonds. The SMILES string of the molecule is O=C1CC(=O)/C(=C\c2ccc(OCc3cccc(C(=O)O)c3)cc2)C(=O)N1. The van der Waals surface area contributed by atoms with Gasteiger partial charge < -0.3 is 9.84 Å². The highest BCUT2D eigenvalue weighted by Crippen LogP contribution is 2.18. The highest BCUT2D eigenvalue weighted by Gasteiger charge is 2.28. The summed E-state index contributed by atoms with van der Waals surface area (Å²) in [6.45, 7) is 0.199. The third kappa shape index (κ3) is 4.46. The van der Waals surface area contributed by atoms with Crippen LogP contribution in [0.4, 0.5) is 0 Å². The molecule has 0 spiro atoms. The summed E-state index contributed by atoms with van der Waals surface area (Å²) in [5.74, 6) is -2.26. The van der Waals surface area contributed by atoms with E-state index in [-0.39, 0.29) is 24.2 Å². The van der Waals surface area contributed by atoms with Crippen molar-refractivity contribution in [2.75, 3.05) is 0 Å². The maximum Gasteiger partial charge on any atom is 0.335 e. The number of ketones is 1. The molecule has 1 aliphatic rings. The van der Waals surface area contributed by atoms with Crippen molar-refractivity contribution in [2.45, 2.75) is 13.0 Å². The summed E-state index contributed by atoms with van der Waals surface area (Å²) in [5.41, 5.74) is 1.46. The lowest BCUT2D eigenvalue weighted by molar-refractivity contribution is -0.134. The molecule has 0 aliphatic carbocycles. The zero-order chi connectivity index (χ0) is 19.4. The molecule has 7 heteroatoms. The molecule has 1 saturated heterocycles. The monoisotopic (exact) mass is 365 g/mol. The number of piperidine rings is 1. The molecule has 0 saturated carbocycles. The largest absolute Gasteiger partial charge is 0.489 e. The van der Waals surface area contributed by atoms with Crippen LogP contribution in [0.3, 0.4) is 0 Å². The zero-order valence-electron chi connectivity index (χ0n) is 14.1. The number of imide groups is 1. The first-order valence-corrected chi connectivity index (χ1v) is 8.06. The van der Waals surface area contributed by atoms with Crippen molar-refractivity contribution in [1.82, 2.24) is 5.32 Å². The van der Waals surface area contributed by atoms with Gasteiger partial charge in [-0.1, -0.05) is 24.3 Å². The van der Waals surface area contributed by atoms with Crippen LogP contribution in [0.15, 0.2) is 54.1 Å². The second-order valence-corrected chi connectivity index (χ2v) is 5.90. The van der Waals surface area contributed by atoms with E-state index in [1.54, 1.807) is 36.4 Å². The first kappa shape index (κ1) is 18.1. The maximum atomic E-state index is 11.8. The topological polar surface area (TPSA) is 110 Å². The Kier molecular flexibility index (Phi) is 5.12. The van der Waals surface area contributed by atoms with E-state index in [2.05, 4.69) is 5.32 Å². The minimum atomic E-state index is -1.00. The summed E-state index contributed by atoms with van der Waals surface area (Å²) in [6.07, 6.45) is 1.08. The third-order valence-electron chi connectivity index (χ3n) is 3.89. The van der Waals surface area contributed by atoms with Crippen LogP contribution in [0, 0.1) is 0 Å². The van der Waals surface area contributed by atoms with Crippen molar-refractivity contribution in [2.24, 2.45) is 0 Å². The summed E-state index contributed by atoms with van der Waals surface area (Å²) in [5, 5.41) is 11.1. The number of hydrogen-bond acceptors (Lipinski definition) is 5. The van der Waals surface area contributed by atoms with E-state index < -0.39 is 23.6 Å². The first-order chi connectivity index (χ1) is 12.9. The normalized spacial score (nSPS) is 15.6. The van der Waals surface area contributed by atoms with Crippen LogP contribution < -0.4 is 10.1 Å². The van der Waals surface area contributed by atoms with Gasteiger partial charge in [0.1, 0.15) is 12.4 Å². The van der Waals surface area contributed by atoms with Crippen LogP contribution in [0.25, 0.3) is 6.08 Å². The van der Waals surface area contributed by atoms with Gasteiger partial charge in [0.25, 0.3) is 5.91 Å². The molecule has 2 aromatic carbocycles. The van der Waals surface area contributed by atoms with Crippen molar-refractivity contribution in [3.63, 3.8) is 0 Å². The fourth-order valence-electron chi connectivity index (χ4n) is 2.54. The van der Waals surface area contributed by atoms with Gasteiger partial charge >= 0.3 is 5.97 Å². The Labute approximate surface area is 154 Å². The van der Waals surface area contributed by atoms with Crippen LogP contribution in [0.5, 0.6) is 5.75 Å². The average molecular weight is 365 g/mol. The molecule has 0 radical (unpaired) electrons. The van der Waals surface area contributed by atoms with Gasteiger partial charge in [-0.15, -0.1) is 0 Å². The number of rotatable bonds is 5. The van der Waals surface area contributed by atoms with E-state index in [0.717, 1.165) is 5.56 Å². The third-order valence-corrected chi connectivity index (χ3v) is 3.89. The van der Waals surface area contributed by atoms with Crippen LogP contribution >= 0.6 is 0 Å². The Balaban J connectivity index is 1.67. The Morgan fingerprint density at radius 3 is 2.52 bits per heavy atom. The smallest absolute Gasteiger partial charge is 0.335 e. The second-order valence-electron chi connectivity index (χ2n) is 5.90. The number of carbonyl (C=O) groups excluding carboxylic acids is 3. The molecule has 7 nitrogen and oxygen atoms in total. The van der Waals surface area contributed by atoms with Gasteiger partial charge in [-0.3, -0.25) is 19.7 Å². The molecule has 136 valence electrons. The van der Waals surface area contributed by atoms with Gasteiger partial charge in [0.2, 0.25) is 5.91 Å². The Bertz CT molecular complexity index is 937. The number of aromatic carboxylic acids is 1. The molecule has 2 N–H and O–H groups in total. The van der Waals surface area contributed by atoms with E-state index in [4.69, 9.17) is 9.84 Å². The van der Waals surface area contributed by atoms with E-state index in [1.807, 2.05) is 0 Å². The summed E-state index contributed by atoms with van der Waals surface area (Å²) >= 11 is 0. The van der Waals surface area contributed by atoms with Crippen LogP contribution in [0.2, 0.25) is 0 Å². The summed E-state index contributed by atoms with van der Waals surface area (Å²) in [4.78, 5) is 45.7. The predicted octanol–water partition coefficient (Wildman–Crippen LogP) is 1.96. The number of carboxylic acid groups (broad SMARTS) is 1. The van der Waals surface area contributed by atoms with E-state index in [0.29, 0.717) is 11.3 Å². The van der Waals surface area contributed by atoms with E-state index >= 15 is 0 Å². The van der Waals surface area contributed by atoms with Crippen molar-refractivity contribution >= 4 is 29.6 Å². The van der Waals surface area contributed by atoms with Gasteiger partial charge in [-0.25, -0.2) is 4.79 Å². The molecule has 1 heterocycles. The van der Waals surface area contributed by atoms with Crippen LogP contribution in [-0.2, 0) is 21.0 Å². The highest BCUT2D eigenvalue weighted by molar-refractivity contribution is 6.32. The van der Waals surface area contributed by atoms with Crippen molar-refractivity contribution in [3.8, 4) is 5.75 Å². The molecule has 0 unspecified atom stereocenters. The highest BCUT2D eigenvalue weighted by atomic mass is 16.5. The van der Waals surface area contributed by atoms with Crippen LogP contribution in [0.1, 0.15) is 27.9 Å². The number of ether oxygens (including phenoxy) is 1. The summed E-state index contributed by atoms with van der Waals surface area (Å²) in [6, 6.07) is 13.1. The van der Waals surface area contributed by atoms with Gasteiger partial charge in [0.15, 0.2) is 5.78 Å². The number of carboxylic acids is 1. The molecule has 1 aliphatic heterocycles. The lowest BCUT2D eigenvalue weighted by Crippen LogP contribution is -2.40. The van der Waals surface area contributed by atoms with Crippen molar-refractivity contribution < 1.29 is 29.0 Å². The molecule has 2 aromatic rings. The Morgan fingerprint density at radius 1 is 1.11 bits per heavy atom. The summed E-state index contributed by atoms with van der Waals surface area (Å²) < 4.78 is 5.62. The predicted molar refractivity (Wildman–Crippen MR) is 94.9 cm³/mol. The number of carbonyl (C=O) groups is 4. The van der Waals surface area contributed by atoms with Gasteiger partial charge in [-0.2, -0.15) is 0 Å². The molecule has 27 heavy (non-hydrogen) atoms. The van der Waals surface area contributed by atoms with E-state index in [1.165, 1.54) is 18.2 Å². The fraction of sp³-hybridized carbons (Fsp3) is 0.100. The lowest BCUT2D eigenvalue weighted by Gasteiger charge is -2.12. The quantitative estimate of drug-likeness (QED) is 0.363. The standard InChI is InChI=1S/C20H15NO6/c22-17-10-18(23)21-19(24)16(17)9-12-4-6-15(7-5-12)27-11-13-2-1-3-14(8-13)20(25)26/h1-9H,10-11H2,(H,25,26)(H,21,23,24)/b16-9+. The maximum absolute atomic E-state index is 11.8. The molecule has 0 bridgehead atoms. The zero-order valence-corrected chi connectivity index (χ0v) is 14.1. The molecular formula is C20H15NO6. The first-order valence-electron chi connectivity index (χ1n) is 8.06. The minimum absolute atomic E-state index is 0.0613. The minimum Gasteiger partial charge on any atom is -0.489 e. The van der Waals surface area contributed by atoms with Crippen LogP contribution in [-0.4, -0.2) is 28.7 Å². The van der Waals surface area contributed by atoms with Gasteiger partial charge in [0, 0.05) is 0 Å². The Morgan fingerprint density at radius 2 is 1.85 bits per heavy atom. The number of hydrogen-bond donors (Lipinski definition) is 2. The fourth-order valence-corrected chi connectivity index (χ4v) is 2.54. The Hall–Kier alpha value is -3.74. The molecular weight excluding hydrogens is 350 g/mol. The molecule has 3 rings (SSSR count). The van der Waals surface area contributed by atoms with Gasteiger partial charge in [-0.05, 0) is 41.5 Å². The summed E-state index contributed by atoms with van der Waals surface area (Å²) in [7, 11) is 0. The van der Waals surface area contributed by atoms with Crippen molar-refractivity contribution in [3.05, 3.63) is 70.8 Å². The molecule has 0 aromatic heterocycles. The number of amides is 2.